The van der Waals surface area contributed by atoms with Crippen LogP contribution in [-0.4, -0.2) is 58.6 Å². The zero-order valence-electron chi connectivity index (χ0n) is 21.8. The number of hydrogen-bond acceptors (Lipinski definition) is 7. The van der Waals surface area contributed by atoms with Crippen LogP contribution in [0.3, 0.4) is 0 Å². The Kier molecular flexibility index (Phi) is 9.68. The quantitative estimate of drug-likeness (QED) is 0.296. The fraction of sp³-hybridized carbons (Fsp3) is 0.308. The summed E-state index contributed by atoms with van der Waals surface area (Å²) < 4.78 is 35.4. The highest BCUT2D eigenvalue weighted by Gasteiger charge is 2.23. The zero-order chi connectivity index (χ0) is 28.7. The van der Waals surface area contributed by atoms with Gasteiger partial charge in [-0.1, -0.05) is 6.92 Å². The molecule has 3 rings (SSSR count). The fourth-order valence-corrected chi connectivity index (χ4v) is 3.81. The van der Waals surface area contributed by atoms with E-state index in [0.717, 1.165) is 6.07 Å². The van der Waals surface area contributed by atoms with Crippen LogP contribution in [0.2, 0.25) is 0 Å². The number of rotatable bonds is 12. The number of carbonyl (C=O) groups excluding carboxylic acids is 3. The van der Waals surface area contributed by atoms with Crippen LogP contribution in [0.1, 0.15) is 40.4 Å². The van der Waals surface area contributed by atoms with E-state index in [1.807, 2.05) is 6.92 Å². The van der Waals surface area contributed by atoms with Gasteiger partial charge in [0.15, 0.2) is 24.0 Å². The van der Waals surface area contributed by atoms with E-state index in [4.69, 9.17) is 21.0 Å². The lowest BCUT2D eigenvalue weighted by Gasteiger charge is -2.21. The molecule has 0 saturated heterocycles. The topological polar surface area (TPSA) is 155 Å². The lowest BCUT2D eigenvalue weighted by atomic mass is 10.0. The van der Waals surface area contributed by atoms with Gasteiger partial charge in [-0.25, -0.2) is 14.4 Å². The minimum atomic E-state index is -1.31. The second-order valence-corrected chi connectivity index (χ2v) is 8.32. The molecule has 0 unspecified atom stereocenters. The Bertz CT molecular complexity index is 1380. The third-order valence-electron chi connectivity index (χ3n) is 5.74. The van der Waals surface area contributed by atoms with Crippen molar-refractivity contribution in [3.8, 4) is 17.0 Å². The van der Waals surface area contributed by atoms with Crippen LogP contribution in [0.15, 0.2) is 36.5 Å². The van der Waals surface area contributed by atoms with Gasteiger partial charge in [0.1, 0.15) is 0 Å². The first-order valence-corrected chi connectivity index (χ1v) is 12.1. The molecule has 0 bridgehead atoms. The Balaban J connectivity index is 1.82. The lowest BCUT2D eigenvalue weighted by molar-refractivity contribution is -0.120. The monoisotopic (exact) mass is 544 g/mol. The van der Waals surface area contributed by atoms with Crippen LogP contribution < -0.4 is 21.5 Å². The number of hydrogen-bond donors (Lipinski definition) is 3. The van der Waals surface area contributed by atoms with Crippen molar-refractivity contribution in [2.24, 2.45) is 18.5 Å². The summed E-state index contributed by atoms with van der Waals surface area (Å²) >= 11 is 0. The van der Waals surface area contributed by atoms with Crippen molar-refractivity contribution in [2.75, 3.05) is 31.6 Å². The van der Waals surface area contributed by atoms with Gasteiger partial charge in [-0.15, -0.1) is 0 Å². The molecule has 1 heterocycles. The zero-order valence-corrected chi connectivity index (χ0v) is 21.8. The highest BCUT2D eigenvalue weighted by Crippen LogP contribution is 2.30. The van der Waals surface area contributed by atoms with Crippen molar-refractivity contribution in [3.05, 3.63) is 65.1 Å². The molecule has 1 aromatic heterocycles. The van der Waals surface area contributed by atoms with Crippen molar-refractivity contribution in [1.29, 1.82) is 0 Å². The molecular formula is C26H30F2N6O5. The maximum atomic E-state index is 14.8. The molecular weight excluding hydrogens is 514 g/mol. The molecule has 0 spiro atoms. The molecule has 13 heteroatoms. The normalized spacial score (nSPS) is 10.8. The molecule has 11 nitrogen and oxygen atoms in total. The molecule has 5 N–H and O–H groups in total. The number of nitrogens with two attached hydrogens (primary N) is 2. The van der Waals surface area contributed by atoms with Gasteiger partial charge in [0.2, 0.25) is 5.82 Å². The minimum Gasteiger partial charge on any atom is -0.481 e. The first-order valence-electron chi connectivity index (χ1n) is 12.1. The summed E-state index contributed by atoms with van der Waals surface area (Å²) in [6.45, 7) is 3.84. The maximum Gasteiger partial charge on any atom is 0.291 e. The number of ether oxygens (including phenoxy) is 1. The number of carbonyl (C=O) groups is 3. The van der Waals surface area contributed by atoms with Crippen molar-refractivity contribution in [3.63, 3.8) is 0 Å². The number of aryl methyl sites for hydroxylation is 1. The summed E-state index contributed by atoms with van der Waals surface area (Å²) in [4.78, 5) is 46.2. The molecule has 0 fully saturated rings. The van der Waals surface area contributed by atoms with E-state index < -0.39 is 35.8 Å². The van der Waals surface area contributed by atoms with Gasteiger partial charge in [-0.2, -0.15) is 4.39 Å². The van der Waals surface area contributed by atoms with Gasteiger partial charge >= 0.3 is 0 Å². The molecule has 208 valence electrons. The molecule has 3 aromatic rings. The van der Waals surface area contributed by atoms with Crippen molar-refractivity contribution in [1.82, 2.24) is 14.6 Å². The molecule has 0 saturated carbocycles. The van der Waals surface area contributed by atoms with Gasteiger partial charge in [-0.05, 0) is 49.2 Å². The Morgan fingerprint density at radius 3 is 2.51 bits per heavy atom. The highest BCUT2D eigenvalue weighted by atomic mass is 19.2. The van der Waals surface area contributed by atoms with E-state index in [1.54, 1.807) is 25.1 Å². The summed E-state index contributed by atoms with van der Waals surface area (Å²) in [7, 11) is 1.48. The number of benzene rings is 2. The van der Waals surface area contributed by atoms with Crippen LogP contribution in [-0.2, 0) is 23.1 Å². The van der Waals surface area contributed by atoms with Crippen LogP contribution in [0.5, 0.6) is 5.75 Å². The minimum absolute atomic E-state index is 0.0654. The first-order chi connectivity index (χ1) is 18.6. The molecule has 3 amide bonds. The summed E-state index contributed by atoms with van der Waals surface area (Å²) in [5, 5.41) is 3.95. The lowest BCUT2D eigenvalue weighted by Crippen LogP contribution is -2.33. The molecule has 2 aromatic carbocycles. The molecule has 0 atom stereocenters. The Morgan fingerprint density at radius 1 is 1.13 bits per heavy atom. The SMILES string of the molecule is CCc1cc(NC(=O)c2ncc(-c3ccc(OCC(N)=O)c(F)c3F)n2C)ccc1C(=O)N(CC)OCCN. The van der Waals surface area contributed by atoms with E-state index in [-0.39, 0.29) is 36.1 Å². The maximum absolute atomic E-state index is 14.8. The number of nitrogens with one attached hydrogen (secondary N) is 1. The second kappa shape index (κ2) is 12.9. The van der Waals surface area contributed by atoms with Gasteiger partial charge in [0.25, 0.3) is 17.7 Å². The number of hydroxylamine groups is 2. The predicted molar refractivity (Wildman–Crippen MR) is 139 cm³/mol. The van der Waals surface area contributed by atoms with E-state index in [0.29, 0.717) is 29.8 Å². The third kappa shape index (κ3) is 6.56. The van der Waals surface area contributed by atoms with Crippen LogP contribution >= 0.6 is 0 Å². The number of nitrogens with zero attached hydrogens (tertiary/aromatic N) is 3. The summed E-state index contributed by atoms with van der Waals surface area (Å²) in [6, 6.07) is 7.23. The van der Waals surface area contributed by atoms with E-state index >= 15 is 0 Å². The van der Waals surface area contributed by atoms with Crippen LogP contribution in [0, 0.1) is 11.6 Å². The fourth-order valence-electron chi connectivity index (χ4n) is 3.81. The first kappa shape index (κ1) is 29.2. The van der Waals surface area contributed by atoms with Gasteiger partial charge in [0.05, 0.1) is 18.5 Å². The molecule has 0 aliphatic carbocycles. The number of primary amides is 1. The summed E-state index contributed by atoms with van der Waals surface area (Å²) in [6.07, 6.45) is 1.74. The number of anilines is 1. The number of amides is 3. The number of aromatic nitrogens is 2. The third-order valence-corrected chi connectivity index (χ3v) is 5.74. The molecule has 39 heavy (non-hydrogen) atoms. The number of imidazole rings is 1. The smallest absolute Gasteiger partial charge is 0.291 e. The predicted octanol–water partition coefficient (Wildman–Crippen LogP) is 2.40. The molecule has 0 aliphatic rings. The van der Waals surface area contributed by atoms with Crippen molar-refractivity contribution in [2.45, 2.75) is 20.3 Å². The Morgan fingerprint density at radius 2 is 1.87 bits per heavy atom. The summed E-state index contributed by atoms with van der Waals surface area (Å²) in [5.41, 5.74) is 11.9. The van der Waals surface area contributed by atoms with E-state index in [2.05, 4.69) is 10.3 Å². The average molecular weight is 545 g/mol. The number of halogens is 2. The van der Waals surface area contributed by atoms with Gasteiger partial charge in [0, 0.05) is 37.0 Å². The van der Waals surface area contributed by atoms with Crippen LogP contribution in [0.25, 0.3) is 11.3 Å². The molecule has 0 aliphatic heterocycles. The van der Waals surface area contributed by atoms with E-state index in [1.165, 1.54) is 28.9 Å². The van der Waals surface area contributed by atoms with Crippen LogP contribution in [0.4, 0.5) is 14.5 Å². The Labute approximate surface area is 223 Å². The standard InChI is InChI=1S/C26H30F2N6O5/c1-4-15-12-16(6-7-17(15)26(37)34(5-2)39-11-10-29)32-25(36)24-31-13-19(33(24)3)18-8-9-20(23(28)22(18)27)38-14-21(30)35/h6-9,12-13H,4-5,10-11,14,29H2,1-3H3,(H2,30,35)(H,32,36). The molecule has 0 radical (unpaired) electrons. The van der Waals surface area contributed by atoms with Crippen molar-refractivity contribution < 1.29 is 32.7 Å². The van der Waals surface area contributed by atoms with Gasteiger partial charge < -0.3 is 26.1 Å². The highest BCUT2D eigenvalue weighted by molar-refractivity contribution is 6.03. The second-order valence-electron chi connectivity index (χ2n) is 8.32. The summed E-state index contributed by atoms with van der Waals surface area (Å²) in [5.74, 6) is -4.85. The largest absolute Gasteiger partial charge is 0.481 e. The Hall–Kier alpha value is -4.36. The van der Waals surface area contributed by atoms with Gasteiger partial charge in [-0.3, -0.25) is 19.2 Å². The average Bonchev–Trinajstić information content (AvgIpc) is 3.30. The van der Waals surface area contributed by atoms with E-state index in [9.17, 15) is 23.2 Å². The van der Waals surface area contributed by atoms with Crippen molar-refractivity contribution >= 4 is 23.4 Å².